The number of ether oxygens (including phenoxy) is 1. The molecule has 8 heteroatoms. The molecule has 0 fully saturated rings. The third-order valence-electron chi connectivity index (χ3n) is 6.21. The second-order valence-corrected chi connectivity index (χ2v) is 8.86. The van der Waals surface area contributed by atoms with Crippen LogP contribution in [0.2, 0.25) is 0 Å². The molecule has 6 nitrogen and oxygen atoms in total. The van der Waals surface area contributed by atoms with Crippen molar-refractivity contribution in [3.8, 4) is 22.9 Å². The first kappa shape index (κ1) is 25.3. The number of amides is 1. The summed E-state index contributed by atoms with van der Waals surface area (Å²) in [6, 6.07) is 17.6. The molecule has 36 heavy (non-hydrogen) atoms. The third-order valence-corrected chi connectivity index (χ3v) is 6.21. The summed E-state index contributed by atoms with van der Waals surface area (Å²) < 4.78 is 33.1. The molecule has 1 aliphatic heterocycles. The molecule has 0 bridgehead atoms. The number of fused-ring (bicyclic) bond motifs is 1. The Kier molecular flexibility index (Phi) is 7.93. The molecule has 0 aromatic heterocycles. The van der Waals surface area contributed by atoms with Gasteiger partial charge in [-0.2, -0.15) is 5.26 Å². The highest BCUT2D eigenvalue weighted by Crippen LogP contribution is 2.36. The van der Waals surface area contributed by atoms with E-state index in [1.54, 1.807) is 6.07 Å². The maximum Gasteiger partial charge on any atom is 0.217 e. The van der Waals surface area contributed by atoms with E-state index >= 15 is 0 Å². The summed E-state index contributed by atoms with van der Waals surface area (Å²) in [5.74, 6) is -1.06. The van der Waals surface area contributed by atoms with Crippen molar-refractivity contribution in [2.45, 2.75) is 38.0 Å². The van der Waals surface area contributed by atoms with E-state index in [2.05, 4.69) is 16.7 Å². The molecule has 1 aliphatic rings. The standard InChI is InChI=1S/C28H27F2N3O3/c1-17(34)33-26(12-18-10-21(29)14-22(30)11-18)27(35)16-32-25-8-9-36-28-7-6-19(13-24(25)28)23-5-3-2-4-20(23)15-31/h2-7,10-11,13-14,25-27,32,35H,8-9,12,16H2,1H3,(H,33,34). The predicted octanol–water partition coefficient (Wildman–Crippen LogP) is 4.02. The molecule has 0 spiro atoms. The van der Waals surface area contributed by atoms with E-state index in [1.165, 1.54) is 19.1 Å². The van der Waals surface area contributed by atoms with Crippen LogP contribution in [0.15, 0.2) is 60.7 Å². The van der Waals surface area contributed by atoms with Gasteiger partial charge in [0, 0.05) is 37.6 Å². The fourth-order valence-corrected chi connectivity index (χ4v) is 4.54. The minimum Gasteiger partial charge on any atom is -0.493 e. The van der Waals surface area contributed by atoms with Crippen molar-refractivity contribution in [2.24, 2.45) is 0 Å². The second kappa shape index (κ2) is 11.3. The molecule has 0 radical (unpaired) electrons. The van der Waals surface area contributed by atoms with E-state index < -0.39 is 23.8 Å². The summed E-state index contributed by atoms with van der Waals surface area (Å²) in [4.78, 5) is 11.7. The molecular formula is C28H27F2N3O3. The van der Waals surface area contributed by atoms with E-state index in [-0.39, 0.29) is 24.9 Å². The summed E-state index contributed by atoms with van der Waals surface area (Å²) in [6.45, 7) is 1.95. The van der Waals surface area contributed by atoms with Gasteiger partial charge in [-0.25, -0.2) is 8.78 Å². The Bertz CT molecular complexity index is 1270. The zero-order chi connectivity index (χ0) is 25.7. The smallest absolute Gasteiger partial charge is 0.217 e. The number of aliphatic hydroxyl groups excluding tert-OH is 1. The zero-order valence-electron chi connectivity index (χ0n) is 19.8. The number of halogens is 2. The molecule has 3 atom stereocenters. The Morgan fingerprint density at radius 1 is 1.17 bits per heavy atom. The molecule has 3 N–H and O–H groups in total. The monoisotopic (exact) mass is 491 g/mol. The van der Waals surface area contributed by atoms with Crippen LogP contribution in [-0.4, -0.2) is 36.3 Å². The first-order valence-corrected chi connectivity index (χ1v) is 11.7. The van der Waals surface area contributed by atoms with Crippen LogP contribution in [0.3, 0.4) is 0 Å². The van der Waals surface area contributed by atoms with E-state index in [1.807, 2.05) is 36.4 Å². The third kappa shape index (κ3) is 6.06. The van der Waals surface area contributed by atoms with Crippen LogP contribution in [0.25, 0.3) is 11.1 Å². The highest BCUT2D eigenvalue weighted by molar-refractivity contribution is 5.73. The second-order valence-electron chi connectivity index (χ2n) is 8.86. The molecule has 3 aromatic carbocycles. The number of nitriles is 1. The first-order valence-electron chi connectivity index (χ1n) is 11.7. The molecule has 1 amide bonds. The lowest BCUT2D eigenvalue weighted by Gasteiger charge is -2.30. The number of nitrogens with zero attached hydrogens (tertiary/aromatic N) is 1. The van der Waals surface area contributed by atoms with Gasteiger partial charge in [0.25, 0.3) is 0 Å². The Morgan fingerprint density at radius 3 is 2.64 bits per heavy atom. The maximum atomic E-state index is 13.6. The Labute approximate surface area is 208 Å². The van der Waals surface area contributed by atoms with Gasteiger partial charge in [0.2, 0.25) is 5.91 Å². The number of aliphatic hydroxyl groups is 1. The largest absolute Gasteiger partial charge is 0.493 e. The number of rotatable bonds is 8. The summed E-state index contributed by atoms with van der Waals surface area (Å²) in [5, 5.41) is 26.4. The average molecular weight is 492 g/mol. The SMILES string of the molecule is CC(=O)NC(Cc1cc(F)cc(F)c1)C(O)CNC1CCOc2ccc(-c3ccccc3C#N)cc21. The highest BCUT2D eigenvalue weighted by Gasteiger charge is 2.26. The van der Waals surface area contributed by atoms with Gasteiger partial charge in [-0.15, -0.1) is 0 Å². The van der Waals surface area contributed by atoms with Gasteiger partial charge in [0.05, 0.1) is 30.4 Å². The zero-order valence-corrected chi connectivity index (χ0v) is 19.8. The lowest BCUT2D eigenvalue weighted by molar-refractivity contribution is -0.120. The van der Waals surface area contributed by atoms with Gasteiger partial charge >= 0.3 is 0 Å². The molecule has 4 rings (SSSR count). The summed E-state index contributed by atoms with van der Waals surface area (Å²) >= 11 is 0. The molecule has 186 valence electrons. The van der Waals surface area contributed by atoms with Crippen molar-refractivity contribution >= 4 is 5.91 Å². The van der Waals surface area contributed by atoms with E-state index in [0.29, 0.717) is 24.2 Å². The summed E-state index contributed by atoms with van der Waals surface area (Å²) in [7, 11) is 0. The highest BCUT2D eigenvalue weighted by atomic mass is 19.1. The van der Waals surface area contributed by atoms with E-state index in [4.69, 9.17) is 4.74 Å². The van der Waals surface area contributed by atoms with Crippen molar-refractivity contribution in [1.82, 2.24) is 10.6 Å². The van der Waals surface area contributed by atoms with E-state index in [0.717, 1.165) is 28.5 Å². The lowest BCUT2D eigenvalue weighted by atomic mass is 9.93. The van der Waals surface area contributed by atoms with Crippen LogP contribution in [0.4, 0.5) is 8.78 Å². The molecule has 1 heterocycles. The summed E-state index contributed by atoms with van der Waals surface area (Å²) in [5.41, 5.74) is 3.51. The van der Waals surface area contributed by atoms with Crippen molar-refractivity contribution in [1.29, 1.82) is 5.26 Å². The number of carbonyl (C=O) groups excluding carboxylic acids is 1. The number of carbonyl (C=O) groups is 1. The first-order chi connectivity index (χ1) is 17.3. The Balaban J connectivity index is 1.51. The number of benzene rings is 3. The fraction of sp³-hybridized carbons (Fsp3) is 0.286. The normalized spacial score (nSPS) is 16.2. The summed E-state index contributed by atoms with van der Waals surface area (Å²) in [6.07, 6.45) is -0.298. The predicted molar refractivity (Wildman–Crippen MR) is 131 cm³/mol. The lowest BCUT2D eigenvalue weighted by Crippen LogP contribution is -2.48. The fourth-order valence-electron chi connectivity index (χ4n) is 4.54. The quantitative estimate of drug-likeness (QED) is 0.443. The number of nitrogens with one attached hydrogen (secondary N) is 2. The topological polar surface area (TPSA) is 94.4 Å². The van der Waals surface area contributed by atoms with Gasteiger partial charge in [-0.1, -0.05) is 24.3 Å². The minimum absolute atomic E-state index is 0.0660. The molecule has 0 aliphatic carbocycles. The molecule has 3 aromatic rings. The average Bonchev–Trinajstić information content (AvgIpc) is 2.85. The minimum atomic E-state index is -1.02. The van der Waals surface area contributed by atoms with Crippen molar-refractivity contribution in [3.63, 3.8) is 0 Å². The van der Waals surface area contributed by atoms with Crippen molar-refractivity contribution < 1.29 is 23.4 Å². The number of hydrogen-bond acceptors (Lipinski definition) is 5. The van der Waals surface area contributed by atoms with Gasteiger partial charge < -0.3 is 20.5 Å². The van der Waals surface area contributed by atoms with Crippen LogP contribution in [0.1, 0.15) is 36.1 Å². The Morgan fingerprint density at radius 2 is 1.92 bits per heavy atom. The van der Waals surface area contributed by atoms with Gasteiger partial charge in [0.1, 0.15) is 17.4 Å². The van der Waals surface area contributed by atoms with Crippen LogP contribution in [0, 0.1) is 23.0 Å². The molecule has 0 saturated heterocycles. The van der Waals surface area contributed by atoms with Crippen LogP contribution in [-0.2, 0) is 11.2 Å². The van der Waals surface area contributed by atoms with Crippen LogP contribution in [0.5, 0.6) is 5.75 Å². The molecular weight excluding hydrogens is 464 g/mol. The molecule has 0 saturated carbocycles. The van der Waals surface area contributed by atoms with Gasteiger partial charge in [-0.3, -0.25) is 4.79 Å². The van der Waals surface area contributed by atoms with Crippen molar-refractivity contribution in [2.75, 3.05) is 13.2 Å². The maximum absolute atomic E-state index is 13.6. The van der Waals surface area contributed by atoms with Gasteiger partial charge in [0.15, 0.2) is 0 Å². The van der Waals surface area contributed by atoms with Gasteiger partial charge in [-0.05, 0) is 53.4 Å². The molecule has 3 unspecified atom stereocenters. The number of hydrogen-bond donors (Lipinski definition) is 3. The van der Waals surface area contributed by atoms with Crippen LogP contribution >= 0.6 is 0 Å². The van der Waals surface area contributed by atoms with E-state index in [9.17, 15) is 23.9 Å². The Hall–Kier alpha value is -3.80. The van der Waals surface area contributed by atoms with Crippen LogP contribution < -0.4 is 15.4 Å². The van der Waals surface area contributed by atoms with Crippen molar-refractivity contribution in [3.05, 3.63) is 89.0 Å².